The third-order valence-electron chi connectivity index (χ3n) is 6.10. The van der Waals surface area contributed by atoms with Gasteiger partial charge in [0.1, 0.15) is 18.4 Å². The molecule has 0 bridgehead atoms. The molecule has 176 valence electrons. The van der Waals surface area contributed by atoms with E-state index in [2.05, 4.69) is 20.4 Å². The normalized spacial score (nSPS) is 20.9. The Kier molecular flexibility index (Phi) is 6.75. The fraction of sp³-hybridized carbons (Fsp3) is 0.478. The molecule has 0 radical (unpaired) electrons. The van der Waals surface area contributed by atoms with Crippen LogP contribution in [0.4, 0.5) is 0 Å². The van der Waals surface area contributed by atoms with Gasteiger partial charge in [0, 0.05) is 37.2 Å². The minimum atomic E-state index is -0.643. The predicted molar refractivity (Wildman–Crippen MR) is 118 cm³/mol. The Labute approximate surface area is 192 Å². The SMILES string of the molecule is C.O=C1CCC(N2Cc3c(OCc4cc(CN5CCOCC5)n[nH]4)cccc3C2=O)C(=O)N1. The van der Waals surface area contributed by atoms with Crippen molar-refractivity contribution in [2.45, 2.75) is 46.0 Å². The molecule has 1 aromatic heterocycles. The van der Waals surface area contributed by atoms with Crippen LogP contribution in [0.1, 0.15) is 47.6 Å². The van der Waals surface area contributed by atoms with Crippen molar-refractivity contribution in [3.05, 3.63) is 46.8 Å². The fourth-order valence-corrected chi connectivity index (χ4v) is 4.40. The molecule has 3 aliphatic heterocycles. The van der Waals surface area contributed by atoms with Gasteiger partial charge < -0.3 is 14.4 Å². The number of fused-ring (bicyclic) bond motifs is 1. The lowest BCUT2D eigenvalue weighted by Gasteiger charge is -2.29. The maximum atomic E-state index is 12.9. The Morgan fingerprint density at radius 3 is 2.79 bits per heavy atom. The minimum absolute atomic E-state index is 0. The van der Waals surface area contributed by atoms with Crippen molar-refractivity contribution < 1.29 is 23.9 Å². The minimum Gasteiger partial charge on any atom is -0.487 e. The van der Waals surface area contributed by atoms with E-state index in [0.29, 0.717) is 24.3 Å². The van der Waals surface area contributed by atoms with Crippen LogP contribution in [0, 0.1) is 0 Å². The number of H-pyrrole nitrogens is 1. The third-order valence-corrected chi connectivity index (χ3v) is 6.10. The summed E-state index contributed by atoms with van der Waals surface area (Å²) in [6.07, 6.45) is 0.563. The summed E-state index contributed by atoms with van der Waals surface area (Å²) in [6, 6.07) is 6.69. The number of nitrogens with one attached hydrogen (secondary N) is 2. The Hall–Kier alpha value is -3.24. The number of morpholine rings is 1. The van der Waals surface area contributed by atoms with Gasteiger partial charge in [0.25, 0.3) is 5.91 Å². The summed E-state index contributed by atoms with van der Waals surface area (Å²) >= 11 is 0. The molecule has 0 aliphatic carbocycles. The van der Waals surface area contributed by atoms with Crippen molar-refractivity contribution >= 4 is 17.7 Å². The summed E-state index contributed by atoms with van der Waals surface area (Å²) in [4.78, 5) is 40.4. The van der Waals surface area contributed by atoms with E-state index in [1.807, 2.05) is 12.1 Å². The number of benzene rings is 1. The number of ether oxygens (including phenoxy) is 2. The molecule has 5 rings (SSSR count). The van der Waals surface area contributed by atoms with E-state index >= 15 is 0 Å². The monoisotopic (exact) mass is 455 g/mol. The molecule has 2 aromatic rings. The molecule has 33 heavy (non-hydrogen) atoms. The Bertz CT molecular complexity index is 1050. The first-order valence-electron chi connectivity index (χ1n) is 10.8. The number of imide groups is 1. The van der Waals surface area contributed by atoms with Crippen LogP contribution >= 0.6 is 0 Å². The molecule has 3 amide bonds. The highest BCUT2D eigenvalue weighted by molar-refractivity contribution is 6.05. The second-order valence-electron chi connectivity index (χ2n) is 8.24. The number of aromatic amines is 1. The van der Waals surface area contributed by atoms with Crippen molar-refractivity contribution in [2.75, 3.05) is 26.3 Å². The molecule has 2 fully saturated rings. The average Bonchev–Trinajstić information content (AvgIpc) is 3.38. The van der Waals surface area contributed by atoms with Gasteiger partial charge in [-0.3, -0.25) is 29.7 Å². The zero-order valence-electron chi connectivity index (χ0n) is 17.6. The largest absolute Gasteiger partial charge is 0.487 e. The van der Waals surface area contributed by atoms with Crippen LogP contribution < -0.4 is 10.1 Å². The maximum absolute atomic E-state index is 12.9. The van der Waals surface area contributed by atoms with Crippen LogP contribution in [0.3, 0.4) is 0 Å². The molecular weight excluding hydrogens is 426 g/mol. The smallest absolute Gasteiger partial charge is 0.255 e. The van der Waals surface area contributed by atoms with Crippen LogP contribution in [-0.2, 0) is 34.0 Å². The maximum Gasteiger partial charge on any atom is 0.255 e. The first-order chi connectivity index (χ1) is 15.6. The highest BCUT2D eigenvalue weighted by Crippen LogP contribution is 2.33. The van der Waals surface area contributed by atoms with Crippen molar-refractivity contribution in [3.63, 3.8) is 0 Å². The number of nitrogens with zero attached hydrogens (tertiary/aromatic N) is 3. The fourth-order valence-electron chi connectivity index (χ4n) is 4.40. The lowest BCUT2D eigenvalue weighted by molar-refractivity contribution is -0.136. The number of piperidine rings is 1. The van der Waals surface area contributed by atoms with Crippen LogP contribution in [0.15, 0.2) is 24.3 Å². The van der Waals surface area contributed by atoms with Crippen LogP contribution in [-0.4, -0.2) is 70.1 Å². The average molecular weight is 456 g/mol. The van der Waals surface area contributed by atoms with Gasteiger partial charge in [0.2, 0.25) is 11.8 Å². The Morgan fingerprint density at radius 1 is 1.18 bits per heavy atom. The number of amides is 3. The van der Waals surface area contributed by atoms with Gasteiger partial charge in [-0.15, -0.1) is 0 Å². The summed E-state index contributed by atoms with van der Waals surface area (Å²) in [5.74, 6) is -0.327. The van der Waals surface area contributed by atoms with E-state index in [4.69, 9.17) is 9.47 Å². The number of aromatic nitrogens is 2. The molecule has 0 spiro atoms. The summed E-state index contributed by atoms with van der Waals surface area (Å²) in [5, 5.41) is 9.71. The van der Waals surface area contributed by atoms with Crippen molar-refractivity contribution in [2.24, 2.45) is 0 Å². The lowest BCUT2D eigenvalue weighted by atomic mass is 10.0. The molecule has 4 heterocycles. The van der Waals surface area contributed by atoms with Crippen molar-refractivity contribution in [1.29, 1.82) is 0 Å². The standard InChI is InChI=1S/C22H25N5O5.CH4/c28-20-5-4-18(21(29)23-20)27-12-17-16(22(27)30)2-1-3-19(17)32-13-15-10-14(24-25-15)11-26-6-8-31-9-7-26;/h1-3,10,18H,4-9,11-13H2,(H,24,25)(H,23,28,29);1H4. The summed E-state index contributed by atoms with van der Waals surface area (Å²) in [7, 11) is 0. The van der Waals surface area contributed by atoms with E-state index in [0.717, 1.165) is 49.8 Å². The van der Waals surface area contributed by atoms with E-state index < -0.39 is 11.9 Å². The summed E-state index contributed by atoms with van der Waals surface area (Å²) < 4.78 is 11.4. The number of rotatable bonds is 6. The van der Waals surface area contributed by atoms with E-state index in [1.54, 1.807) is 12.1 Å². The highest BCUT2D eigenvalue weighted by atomic mass is 16.5. The molecule has 10 heteroatoms. The molecular formula is C23H29N5O5. The molecule has 1 atom stereocenters. The molecule has 2 N–H and O–H groups in total. The third kappa shape index (κ3) is 4.76. The number of hydrogen-bond acceptors (Lipinski definition) is 7. The lowest BCUT2D eigenvalue weighted by Crippen LogP contribution is -2.52. The second-order valence-corrected chi connectivity index (χ2v) is 8.24. The summed E-state index contributed by atoms with van der Waals surface area (Å²) in [5.41, 5.74) is 3.08. The topological polar surface area (TPSA) is 117 Å². The molecule has 0 saturated carbocycles. The first-order valence-corrected chi connectivity index (χ1v) is 10.8. The van der Waals surface area contributed by atoms with Gasteiger partial charge in [0.05, 0.1) is 31.1 Å². The second kappa shape index (κ2) is 9.72. The van der Waals surface area contributed by atoms with Gasteiger partial charge in [-0.25, -0.2) is 0 Å². The zero-order valence-corrected chi connectivity index (χ0v) is 17.6. The van der Waals surface area contributed by atoms with E-state index in [-0.39, 0.29) is 32.2 Å². The Balaban J connectivity index is 0.00000259. The molecule has 3 aliphatic rings. The van der Waals surface area contributed by atoms with Gasteiger partial charge in [-0.1, -0.05) is 13.5 Å². The molecule has 2 saturated heterocycles. The quantitative estimate of drug-likeness (QED) is 0.629. The first kappa shape index (κ1) is 22.9. The molecule has 10 nitrogen and oxygen atoms in total. The molecule has 1 unspecified atom stereocenters. The van der Waals surface area contributed by atoms with Crippen LogP contribution in [0.2, 0.25) is 0 Å². The molecule has 1 aromatic carbocycles. The van der Waals surface area contributed by atoms with Gasteiger partial charge in [0.15, 0.2) is 0 Å². The number of carbonyl (C=O) groups is 3. The van der Waals surface area contributed by atoms with Crippen LogP contribution in [0.5, 0.6) is 5.75 Å². The highest BCUT2D eigenvalue weighted by Gasteiger charge is 2.40. The van der Waals surface area contributed by atoms with E-state index in [9.17, 15) is 14.4 Å². The number of hydrogen-bond donors (Lipinski definition) is 2. The van der Waals surface area contributed by atoms with Gasteiger partial charge in [-0.2, -0.15) is 5.10 Å². The van der Waals surface area contributed by atoms with Crippen molar-refractivity contribution in [1.82, 2.24) is 25.3 Å². The van der Waals surface area contributed by atoms with E-state index in [1.165, 1.54) is 4.90 Å². The van der Waals surface area contributed by atoms with Crippen LogP contribution in [0.25, 0.3) is 0 Å². The van der Waals surface area contributed by atoms with Gasteiger partial charge in [-0.05, 0) is 24.6 Å². The summed E-state index contributed by atoms with van der Waals surface area (Å²) in [6.45, 7) is 4.61. The number of carbonyl (C=O) groups excluding carboxylic acids is 3. The Morgan fingerprint density at radius 2 is 2.00 bits per heavy atom. The zero-order chi connectivity index (χ0) is 22.1. The van der Waals surface area contributed by atoms with Crippen molar-refractivity contribution in [3.8, 4) is 5.75 Å². The predicted octanol–water partition coefficient (Wildman–Crippen LogP) is 1.22. The van der Waals surface area contributed by atoms with Gasteiger partial charge >= 0.3 is 0 Å².